The minimum absolute atomic E-state index is 0.00873. The highest BCUT2D eigenvalue weighted by atomic mass is 28.2. The van der Waals surface area contributed by atoms with E-state index >= 15 is 0 Å². The van der Waals surface area contributed by atoms with Crippen molar-refractivity contribution in [1.29, 1.82) is 0 Å². The maximum absolute atomic E-state index is 10.8. The summed E-state index contributed by atoms with van der Waals surface area (Å²) in [6.45, 7) is 7.18. The molecule has 0 N–H and O–H groups in total. The third-order valence-electron chi connectivity index (χ3n) is 1.73. The van der Waals surface area contributed by atoms with E-state index in [2.05, 4.69) is 6.58 Å². The number of hydrogen-bond acceptors (Lipinski definition) is 3. The van der Waals surface area contributed by atoms with Crippen LogP contribution in [0.1, 0.15) is 20.3 Å². The summed E-state index contributed by atoms with van der Waals surface area (Å²) in [4.78, 5) is 10.8. The van der Waals surface area contributed by atoms with Crippen molar-refractivity contribution in [3.8, 4) is 0 Å². The summed E-state index contributed by atoms with van der Waals surface area (Å²) < 4.78 is 10.2. The van der Waals surface area contributed by atoms with E-state index in [-0.39, 0.29) is 18.2 Å². The molecular formula is C8H16O3Si. The molecule has 0 rings (SSSR count). The molecule has 3 nitrogen and oxygen atoms in total. The minimum Gasteiger partial charge on any atom is -0.457 e. The first-order valence-corrected chi connectivity index (χ1v) is 4.83. The van der Waals surface area contributed by atoms with Gasteiger partial charge < -0.3 is 9.16 Å². The second-order valence-electron chi connectivity index (χ2n) is 2.53. The molecule has 0 amide bonds. The highest BCUT2D eigenvalue weighted by Crippen LogP contribution is 2.07. The maximum Gasteiger partial charge on any atom is 0.330 e. The molecule has 0 aromatic carbocycles. The third kappa shape index (κ3) is 3.68. The van der Waals surface area contributed by atoms with E-state index in [0.29, 0.717) is 10.5 Å². The van der Waals surface area contributed by atoms with Crippen LogP contribution in [-0.2, 0) is 14.0 Å². The van der Waals surface area contributed by atoms with Gasteiger partial charge in [-0.2, -0.15) is 0 Å². The van der Waals surface area contributed by atoms with Crippen molar-refractivity contribution < 1.29 is 14.0 Å². The molecule has 0 bridgehead atoms. The van der Waals surface area contributed by atoms with Crippen molar-refractivity contribution in [3.05, 3.63) is 12.7 Å². The molecule has 0 aliphatic heterocycles. The first-order chi connectivity index (χ1) is 5.65. The van der Waals surface area contributed by atoms with Gasteiger partial charge >= 0.3 is 5.97 Å². The predicted molar refractivity (Wildman–Crippen MR) is 50.9 cm³/mol. The Morgan fingerprint density at radius 1 is 1.75 bits per heavy atom. The average Bonchev–Trinajstić information content (AvgIpc) is 2.12. The Bertz CT molecular complexity index is 158. The summed E-state index contributed by atoms with van der Waals surface area (Å²) in [7, 11) is 0.660. The molecule has 0 saturated carbocycles. The van der Waals surface area contributed by atoms with Gasteiger partial charge in [0.1, 0.15) is 16.6 Å². The lowest BCUT2D eigenvalue weighted by Gasteiger charge is -2.21. The summed E-state index contributed by atoms with van der Waals surface area (Å²) in [5.41, 5.74) is 0. The van der Waals surface area contributed by atoms with E-state index in [9.17, 15) is 4.79 Å². The van der Waals surface area contributed by atoms with Crippen molar-refractivity contribution in [1.82, 2.24) is 0 Å². The van der Waals surface area contributed by atoms with Crippen LogP contribution in [0.2, 0.25) is 0 Å². The van der Waals surface area contributed by atoms with Crippen LogP contribution in [0, 0.1) is 0 Å². The van der Waals surface area contributed by atoms with Crippen LogP contribution < -0.4 is 0 Å². The van der Waals surface area contributed by atoms with E-state index in [0.717, 1.165) is 6.42 Å². The number of hydrogen-bond donors (Lipinski definition) is 0. The van der Waals surface area contributed by atoms with Crippen molar-refractivity contribution in [3.63, 3.8) is 0 Å². The normalized spacial score (nSPS) is 15.2. The number of rotatable bonds is 5. The quantitative estimate of drug-likeness (QED) is 0.351. The van der Waals surface area contributed by atoms with Crippen LogP contribution in [0.4, 0.5) is 0 Å². The smallest absolute Gasteiger partial charge is 0.330 e. The van der Waals surface area contributed by atoms with Crippen LogP contribution >= 0.6 is 0 Å². The second-order valence-corrected chi connectivity index (χ2v) is 3.00. The van der Waals surface area contributed by atoms with Crippen molar-refractivity contribution in [2.45, 2.75) is 32.5 Å². The van der Waals surface area contributed by atoms with E-state index in [1.54, 1.807) is 0 Å². The van der Waals surface area contributed by atoms with Gasteiger partial charge in [-0.3, -0.25) is 0 Å². The molecule has 0 spiro atoms. The number of carbonyl (C=O) groups is 1. The predicted octanol–water partition coefficient (Wildman–Crippen LogP) is 0.180. The Hall–Kier alpha value is -0.613. The molecule has 0 aromatic heterocycles. The highest BCUT2D eigenvalue weighted by molar-refractivity contribution is 5.98. The summed E-state index contributed by atoms with van der Waals surface area (Å²) in [5.74, 6) is -0.382. The zero-order valence-corrected chi connectivity index (χ0v) is 9.87. The van der Waals surface area contributed by atoms with Gasteiger partial charge in [-0.25, -0.2) is 4.79 Å². The van der Waals surface area contributed by atoms with E-state index in [1.165, 1.54) is 6.08 Å². The summed E-state index contributed by atoms with van der Waals surface area (Å²) in [6, 6.07) is 0. The van der Waals surface area contributed by atoms with E-state index in [1.807, 2.05) is 13.8 Å². The van der Waals surface area contributed by atoms with E-state index < -0.39 is 0 Å². The monoisotopic (exact) mass is 188 g/mol. The largest absolute Gasteiger partial charge is 0.457 e. The molecule has 70 valence electrons. The standard InChI is InChI=1S/C8H16O3Si/c1-4-7(6(3)11-12)10-8(9)5-2/h5-7H,2,4H2,1,3,12H3. The zero-order valence-electron chi connectivity index (χ0n) is 7.87. The maximum atomic E-state index is 10.8. The lowest BCUT2D eigenvalue weighted by molar-refractivity contribution is -0.147. The first kappa shape index (κ1) is 11.4. The first-order valence-electron chi connectivity index (χ1n) is 4.01. The number of ether oxygens (including phenoxy) is 1. The van der Waals surface area contributed by atoms with Crippen LogP contribution in [0.3, 0.4) is 0 Å². The van der Waals surface area contributed by atoms with Gasteiger partial charge in [0, 0.05) is 6.08 Å². The van der Waals surface area contributed by atoms with Gasteiger partial charge in [-0.05, 0) is 13.3 Å². The lowest BCUT2D eigenvalue weighted by atomic mass is 10.2. The Balaban J connectivity index is 3.98. The molecule has 4 heteroatoms. The average molecular weight is 188 g/mol. The topological polar surface area (TPSA) is 35.5 Å². The zero-order chi connectivity index (χ0) is 9.56. The molecule has 0 aliphatic rings. The fraction of sp³-hybridized carbons (Fsp3) is 0.625. The Morgan fingerprint density at radius 2 is 2.33 bits per heavy atom. The van der Waals surface area contributed by atoms with Gasteiger partial charge in [0.15, 0.2) is 0 Å². The van der Waals surface area contributed by atoms with Gasteiger partial charge in [0.25, 0.3) is 0 Å². The van der Waals surface area contributed by atoms with E-state index in [4.69, 9.17) is 9.16 Å². The molecule has 0 saturated heterocycles. The fourth-order valence-corrected chi connectivity index (χ4v) is 1.16. The van der Waals surface area contributed by atoms with Crippen LogP contribution in [-0.4, -0.2) is 28.7 Å². The summed E-state index contributed by atoms with van der Waals surface area (Å²) in [5, 5.41) is 0. The molecular weight excluding hydrogens is 172 g/mol. The Morgan fingerprint density at radius 3 is 2.67 bits per heavy atom. The van der Waals surface area contributed by atoms with Gasteiger partial charge in [-0.1, -0.05) is 13.5 Å². The molecule has 0 fully saturated rings. The Labute approximate surface area is 76.3 Å². The molecule has 0 aromatic rings. The van der Waals surface area contributed by atoms with Crippen molar-refractivity contribution in [2.75, 3.05) is 0 Å². The van der Waals surface area contributed by atoms with Gasteiger partial charge in [0.2, 0.25) is 0 Å². The van der Waals surface area contributed by atoms with Crippen LogP contribution in [0.25, 0.3) is 0 Å². The summed E-state index contributed by atoms with van der Waals surface area (Å²) >= 11 is 0. The van der Waals surface area contributed by atoms with Gasteiger partial charge in [0.05, 0.1) is 6.10 Å². The fourth-order valence-electron chi connectivity index (χ4n) is 0.860. The van der Waals surface area contributed by atoms with Crippen molar-refractivity contribution in [2.24, 2.45) is 0 Å². The molecule has 2 atom stereocenters. The SMILES string of the molecule is C=CC(=O)OC(CC)C(C)O[SiH3]. The van der Waals surface area contributed by atoms with Gasteiger partial charge in [-0.15, -0.1) is 0 Å². The van der Waals surface area contributed by atoms with Crippen molar-refractivity contribution >= 4 is 16.5 Å². The Kier molecular flexibility index (Phi) is 5.66. The molecule has 2 unspecified atom stereocenters. The van der Waals surface area contributed by atoms with Crippen LogP contribution in [0.15, 0.2) is 12.7 Å². The lowest BCUT2D eigenvalue weighted by Crippen LogP contribution is -2.29. The second kappa shape index (κ2) is 5.96. The molecule has 0 heterocycles. The molecule has 0 aliphatic carbocycles. The minimum atomic E-state index is -0.382. The summed E-state index contributed by atoms with van der Waals surface area (Å²) in [6.07, 6.45) is 1.78. The third-order valence-corrected chi connectivity index (χ3v) is 2.48. The molecule has 0 radical (unpaired) electrons. The number of carbonyl (C=O) groups excluding carboxylic acids is 1. The molecule has 12 heavy (non-hydrogen) atoms. The van der Waals surface area contributed by atoms with Crippen LogP contribution in [0.5, 0.6) is 0 Å². The highest BCUT2D eigenvalue weighted by Gasteiger charge is 2.17. The number of esters is 1.